The highest BCUT2D eigenvalue weighted by atomic mass is 32.2. The standard InChI is InChI=1S/C18H19N3OS/c19-9-12-4-3-5-13(8-12)11-23-18-15-7-2-1-6-14(15)16(10-20)17(22)21-18/h3-5,8-10,19-20H,1-2,6-7,11H2,(H,21,22). The van der Waals surface area contributed by atoms with E-state index in [0.717, 1.165) is 53.2 Å². The smallest absolute Gasteiger partial charge is 0.257 e. The first-order chi connectivity index (χ1) is 11.2. The van der Waals surface area contributed by atoms with Gasteiger partial charge in [0.25, 0.3) is 5.56 Å². The zero-order valence-corrected chi connectivity index (χ0v) is 13.6. The molecule has 0 fully saturated rings. The van der Waals surface area contributed by atoms with E-state index in [-0.39, 0.29) is 5.56 Å². The number of aromatic nitrogens is 1. The Morgan fingerprint density at radius 1 is 1.13 bits per heavy atom. The Hall–Kier alpha value is -2.14. The third-order valence-corrected chi connectivity index (χ3v) is 5.30. The van der Waals surface area contributed by atoms with Gasteiger partial charge in [-0.2, -0.15) is 0 Å². The van der Waals surface area contributed by atoms with Crippen molar-refractivity contribution in [1.82, 2.24) is 4.98 Å². The number of fused-ring (bicyclic) bond motifs is 1. The minimum atomic E-state index is -0.156. The van der Waals surface area contributed by atoms with E-state index in [1.165, 1.54) is 18.0 Å². The molecule has 23 heavy (non-hydrogen) atoms. The van der Waals surface area contributed by atoms with E-state index < -0.39 is 0 Å². The van der Waals surface area contributed by atoms with Gasteiger partial charge in [0.15, 0.2) is 0 Å². The Morgan fingerprint density at radius 2 is 1.91 bits per heavy atom. The molecule has 0 unspecified atom stereocenters. The number of rotatable bonds is 5. The molecule has 1 aromatic heterocycles. The molecule has 1 heterocycles. The maximum atomic E-state index is 12.2. The van der Waals surface area contributed by atoms with Gasteiger partial charge in [-0.25, -0.2) is 0 Å². The van der Waals surface area contributed by atoms with Crippen molar-refractivity contribution in [3.8, 4) is 0 Å². The molecule has 0 bridgehead atoms. The first-order valence-electron chi connectivity index (χ1n) is 7.73. The predicted octanol–water partition coefficient (Wildman–Crippen LogP) is 3.54. The number of nitrogens with one attached hydrogen (secondary N) is 3. The van der Waals surface area contributed by atoms with Gasteiger partial charge in [-0.1, -0.05) is 18.2 Å². The van der Waals surface area contributed by atoms with Crippen LogP contribution in [0.2, 0.25) is 0 Å². The quantitative estimate of drug-likeness (QED) is 0.580. The third kappa shape index (κ3) is 3.29. The Bertz CT molecular complexity index is 810. The molecule has 1 aliphatic rings. The molecule has 0 spiro atoms. The number of hydrogen-bond acceptors (Lipinski definition) is 4. The van der Waals surface area contributed by atoms with E-state index in [9.17, 15) is 4.79 Å². The Balaban J connectivity index is 1.91. The summed E-state index contributed by atoms with van der Waals surface area (Å²) in [7, 11) is 0. The van der Waals surface area contributed by atoms with E-state index in [1.54, 1.807) is 11.8 Å². The molecule has 4 nitrogen and oxygen atoms in total. The maximum absolute atomic E-state index is 12.2. The summed E-state index contributed by atoms with van der Waals surface area (Å²) >= 11 is 1.63. The summed E-state index contributed by atoms with van der Waals surface area (Å²) in [4.78, 5) is 15.2. The van der Waals surface area contributed by atoms with Crippen molar-refractivity contribution in [3.63, 3.8) is 0 Å². The number of thioether (sulfide) groups is 1. The van der Waals surface area contributed by atoms with Crippen LogP contribution < -0.4 is 5.56 Å². The molecule has 5 heteroatoms. The van der Waals surface area contributed by atoms with Crippen molar-refractivity contribution in [2.45, 2.75) is 36.5 Å². The lowest BCUT2D eigenvalue weighted by molar-refractivity contribution is 0.664. The van der Waals surface area contributed by atoms with E-state index in [2.05, 4.69) is 4.98 Å². The highest BCUT2D eigenvalue weighted by Gasteiger charge is 2.19. The zero-order chi connectivity index (χ0) is 16.2. The Labute approximate surface area is 139 Å². The van der Waals surface area contributed by atoms with Crippen molar-refractivity contribution in [2.24, 2.45) is 0 Å². The van der Waals surface area contributed by atoms with Crippen LogP contribution in [0.3, 0.4) is 0 Å². The van der Waals surface area contributed by atoms with Gasteiger partial charge in [-0.15, -0.1) is 11.8 Å². The molecular weight excluding hydrogens is 306 g/mol. The van der Waals surface area contributed by atoms with Crippen LogP contribution in [-0.4, -0.2) is 17.4 Å². The highest BCUT2D eigenvalue weighted by Crippen LogP contribution is 2.31. The number of pyridine rings is 1. The first kappa shape index (κ1) is 15.7. The van der Waals surface area contributed by atoms with Crippen molar-refractivity contribution in [3.05, 3.63) is 62.4 Å². The average molecular weight is 325 g/mol. The second kappa shape index (κ2) is 6.96. The summed E-state index contributed by atoms with van der Waals surface area (Å²) in [5, 5.41) is 15.8. The summed E-state index contributed by atoms with van der Waals surface area (Å²) in [6.45, 7) is 0. The number of aromatic amines is 1. The lowest BCUT2D eigenvalue weighted by Crippen LogP contribution is -2.21. The van der Waals surface area contributed by atoms with Gasteiger partial charge in [-0.3, -0.25) is 4.79 Å². The molecule has 118 valence electrons. The molecule has 0 saturated carbocycles. The normalized spacial score (nSPS) is 13.4. The lowest BCUT2D eigenvalue weighted by atomic mass is 9.90. The van der Waals surface area contributed by atoms with E-state index in [0.29, 0.717) is 5.56 Å². The van der Waals surface area contributed by atoms with Gasteiger partial charge in [0, 0.05) is 18.2 Å². The molecule has 2 aromatic rings. The van der Waals surface area contributed by atoms with Crippen LogP contribution >= 0.6 is 11.8 Å². The van der Waals surface area contributed by atoms with Gasteiger partial charge in [0.2, 0.25) is 0 Å². The molecule has 0 radical (unpaired) electrons. The van der Waals surface area contributed by atoms with Crippen molar-refractivity contribution in [1.29, 1.82) is 10.8 Å². The third-order valence-electron chi connectivity index (χ3n) is 4.18. The second-order valence-electron chi connectivity index (χ2n) is 5.68. The van der Waals surface area contributed by atoms with Gasteiger partial charge in [-0.05, 0) is 54.0 Å². The van der Waals surface area contributed by atoms with Gasteiger partial charge < -0.3 is 15.8 Å². The molecular formula is C18H19N3OS. The molecule has 1 aliphatic carbocycles. The Kier molecular flexibility index (Phi) is 4.76. The van der Waals surface area contributed by atoms with Crippen LogP contribution in [0, 0.1) is 10.8 Å². The van der Waals surface area contributed by atoms with Crippen LogP contribution in [0.25, 0.3) is 0 Å². The molecule has 3 N–H and O–H groups in total. The fourth-order valence-electron chi connectivity index (χ4n) is 3.04. The second-order valence-corrected chi connectivity index (χ2v) is 6.67. The first-order valence-corrected chi connectivity index (χ1v) is 8.72. The number of H-pyrrole nitrogens is 1. The maximum Gasteiger partial charge on any atom is 0.257 e. The van der Waals surface area contributed by atoms with Crippen LogP contribution in [0.1, 0.15) is 40.7 Å². The van der Waals surface area contributed by atoms with Crippen LogP contribution in [-0.2, 0) is 18.6 Å². The molecule has 0 amide bonds. The van der Waals surface area contributed by atoms with E-state index >= 15 is 0 Å². The van der Waals surface area contributed by atoms with Crippen LogP contribution in [0.4, 0.5) is 0 Å². The highest BCUT2D eigenvalue weighted by molar-refractivity contribution is 7.98. The summed E-state index contributed by atoms with van der Waals surface area (Å²) in [6, 6.07) is 7.89. The molecule has 0 saturated heterocycles. The summed E-state index contributed by atoms with van der Waals surface area (Å²) in [5.74, 6) is 0.758. The largest absolute Gasteiger partial charge is 0.316 e. The van der Waals surface area contributed by atoms with Crippen LogP contribution in [0.15, 0.2) is 34.1 Å². The van der Waals surface area contributed by atoms with Crippen molar-refractivity contribution in [2.75, 3.05) is 0 Å². The number of hydrogen-bond donors (Lipinski definition) is 3. The predicted molar refractivity (Wildman–Crippen MR) is 95.5 cm³/mol. The fraction of sp³-hybridized carbons (Fsp3) is 0.278. The molecule has 0 aliphatic heterocycles. The zero-order valence-electron chi connectivity index (χ0n) is 12.8. The Morgan fingerprint density at radius 3 is 2.65 bits per heavy atom. The minimum Gasteiger partial charge on any atom is -0.316 e. The fourth-order valence-corrected chi connectivity index (χ4v) is 4.10. The summed E-state index contributed by atoms with van der Waals surface area (Å²) in [5.41, 5.74) is 4.66. The number of benzene rings is 1. The van der Waals surface area contributed by atoms with E-state index in [1.807, 2.05) is 24.3 Å². The molecule has 0 atom stereocenters. The van der Waals surface area contributed by atoms with Gasteiger partial charge >= 0.3 is 0 Å². The monoisotopic (exact) mass is 325 g/mol. The topological polar surface area (TPSA) is 80.6 Å². The minimum absolute atomic E-state index is 0.156. The summed E-state index contributed by atoms with van der Waals surface area (Å²) < 4.78 is 0. The van der Waals surface area contributed by atoms with E-state index in [4.69, 9.17) is 10.8 Å². The average Bonchev–Trinajstić information content (AvgIpc) is 2.60. The van der Waals surface area contributed by atoms with Gasteiger partial charge in [0.05, 0.1) is 10.6 Å². The lowest BCUT2D eigenvalue weighted by Gasteiger charge is -2.20. The molecule has 3 rings (SSSR count). The molecule has 1 aromatic carbocycles. The SMILES string of the molecule is N=Cc1cccc(CSc2[nH]c(=O)c(C=N)c3c2CCCC3)c1. The summed E-state index contributed by atoms with van der Waals surface area (Å²) in [6.07, 6.45) is 6.61. The van der Waals surface area contributed by atoms with Crippen molar-refractivity contribution >= 4 is 24.2 Å². The van der Waals surface area contributed by atoms with Crippen LogP contribution in [0.5, 0.6) is 0 Å². The van der Waals surface area contributed by atoms with Gasteiger partial charge in [0.1, 0.15) is 0 Å². The van der Waals surface area contributed by atoms with Crippen molar-refractivity contribution < 1.29 is 0 Å².